The fraction of sp³-hybridized carbons (Fsp3) is 0.111. The summed E-state index contributed by atoms with van der Waals surface area (Å²) in [6.07, 6.45) is 0. The van der Waals surface area contributed by atoms with E-state index in [9.17, 15) is 13.0 Å². The summed E-state index contributed by atoms with van der Waals surface area (Å²) in [5, 5.41) is 0.725. The molecule has 3 nitrogen and oxygen atoms in total. The summed E-state index contributed by atoms with van der Waals surface area (Å²) in [6, 6.07) is 8.88. The Morgan fingerprint density at radius 3 is 2.21 bits per heavy atom. The van der Waals surface area contributed by atoms with E-state index in [2.05, 4.69) is 0 Å². The van der Waals surface area contributed by atoms with E-state index in [1.165, 1.54) is 0 Å². The van der Waals surface area contributed by atoms with E-state index in [1.54, 1.807) is 31.2 Å². The largest absolute Gasteiger partial charge is 1.00 e. The fourth-order valence-electron chi connectivity index (χ4n) is 0.986. The topological polar surface area (TPSA) is 57.2 Å². The Kier molecular flexibility index (Phi) is 5.63. The van der Waals surface area contributed by atoms with Gasteiger partial charge in [-0.15, -0.1) is 0 Å². The van der Waals surface area contributed by atoms with E-state index in [4.69, 9.17) is 0 Å². The van der Waals surface area contributed by atoms with E-state index in [1.807, 2.05) is 6.07 Å². The van der Waals surface area contributed by atoms with Gasteiger partial charge in [0.25, 0.3) is 0 Å². The van der Waals surface area contributed by atoms with Crippen LogP contribution in [0.3, 0.4) is 0 Å². The Balaban J connectivity index is 0.00000169. The summed E-state index contributed by atoms with van der Waals surface area (Å²) >= 11 is 0. The van der Waals surface area contributed by atoms with Gasteiger partial charge in [-0.05, 0) is 18.1 Å². The Morgan fingerprint density at radius 2 is 1.79 bits per heavy atom. The molecule has 1 aromatic rings. The van der Waals surface area contributed by atoms with Crippen LogP contribution in [-0.2, 0) is 10.1 Å². The maximum atomic E-state index is 10.4. The van der Waals surface area contributed by atoms with Crippen LogP contribution in [0, 0.1) is 0 Å². The van der Waals surface area contributed by atoms with Crippen molar-refractivity contribution in [1.29, 1.82) is 0 Å². The smallest absolute Gasteiger partial charge is 0.744 e. The van der Waals surface area contributed by atoms with Crippen molar-refractivity contribution >= 4 is 15.7 Å². The van der Waals surface area contributed by atoms with Crippen LogP contribution < -0.4 is 29.6 Å². The first kappa shape index (κ1) is 13.9. The molecule has 5 heteroatoms. The third kappa shape index (κ3) is 4.93. The zero-order chi connectivity index (χ0) is 9.90. The molecule has 1 aromatic carbocycles. The van der Waals surface area contributed by atoms with Gasteiger partial charge < -0.3 is 4.55 Å². The van der Waals surface area contributed by atoms with Crippen LogP contribution in [0.25, 0.3) is 5.57 Å². The quantitative estimate of drug-likeness (QED) is 0.455. The van der Waals surface area contributed by atoms with Crippen LogP contribution in [-0.4, -0.2) is 13.0 Å². The van der Waals surface area contributed by atoms with Crippen molar-refractivity contribution in [2.45, 2.75) is 6.92 Å². The molecule has 0 saturated carbocycles. The average molecular weight is 220 g/mol. The third-order valence-electron chi connectivity index (χ3n) is 1.55. The first-order valence-electron chi connectivity index (χ1n) is 3.69. The van der Waals surface area contributed by atoms with Crippen LogP contribution in [0.5, 0.6) is 0 Å². The molecule has 0 amide bonds. The maximum Gasteiger partial charge on any atom is 1.00 e. The van der Waals surface area contributed by atoms with Gasteiger partial charge in [-0.2, -0.15) is 0 Å². The van der Waals surface area contributed by atoms with Crippen LogP contribution in [0.2, 0.25) is 0 Å². The minimum atomic E-state index is -4.28. The molecular weight excluding hydrogens is 211 g/mol. The van der Waals surface area contributed by atoms with Crippen LogP contribution in [0.1, 0.15) is 12.5 Å². The average Bonchev–Trinajstić information content (AvgIpc) is 2.03. The second-order valence-electron chi connectivity index (χ2n) is 2.66. The molecule has 0 unspecified atom stereocenters. The SMILES string of the molecule is CC(=CS(=O)(=O)[O-])c1ccccc1.[Na+]. The van der Waals surface area contributed by atoms with Crippen LogP contribution in [0.15, 0.2) is 35.7 Å². The molecule has 0 N–H and O–H groups in total. The van der Waals surface area contributed by atoms with Crippen molar-refractivity contribution in [2.75, 3.05) is 0 Å². The summed E-state index contributed by atoms with van der Waals surface area (Å²) in [4.78, 5) is 0. The van der Waals surface area contributed by atoms with E-state index in [0.717, 1.165) is 11.0 Å². The van der Waals surface area contributed by atoms with Gasteiger partial charge in [0, 0.05) is 5.41 Å². The van der Waals surface area contributed by atoms with Crippen molar-refractivity contribution < 1.29 is 42.5 Å². The molecule has 0 fully saturated rings. The molecular formula is C9H9NaO3S. The minimum Gasteiger partial charge on any atom is -0.744 e. The first-order chi connectivity index (χ1) is 5.99. The van der Waals surface area contributed by atoms with Crippen molar-refractivity contribution in [3.8, 4) is 0 Å². The van der Waals surface area contributed by atoms with E-state index < -0.39 is 10.1 Å². The molecule has 70 valence electrons. The predicted octanol–water partition coefficient (Wildman–Crippen LogP) is -1.40. The van der Waals surface area contributed by atoms with Crippen molar-refractivity contribution in [3.63, 3.8) is 0 Å². The van der Waals surface area contributed by atoms with Crippen molar-refractivity contribution in [3.05, 3.63) is 41.3 Å². The van der Waals surface area contributed by atoms with Crippen molar-refractivity contribution in [2.24, 2.45) is 0 Å². The maximum absolute atomic E-state index is 10.4. The molecule has 0 aromatic heterocycles. The Hall–Kier alpha value is -0.130. The standard InChI is InChI=1S/C9H10O3S.Na/c1-8(7-13(10,11)12)9-5-3-2-4-6-9;/h2-7H,1H3,(H,10,11,12);/q;+1/p-1. The summed E-state index contributed by atoms with van der Waals surface area (Å²) in [7, 11) is -4.28. The molecule has 0 spiro atoms. The summed E-state index contributed by atoms with van der Waals surface area (Å²) in [6.45, 7) is 1.59. The first-order valence-corrected chi connectivity index (χ1v) is 5.16. The molecule has 0 saturated heterocycles. The van der Waals surface area contributed by atoms with Crippen LogP contribution in [0.4, 0.5) is 0 Å². The van der Waals surface area contributed by atoms with Gasteiger partial charge in [-0.25, -0.2) is 8.42 Å². The van der Waals surface area contributed by atoms with E-state index in [0.29, 0.717) is 5.57 Å². The van der Waals surface area contributed by atoms with Gasteiger partial charge in [0.2, 0.25) is 0 Å². The van der Waals surface area contributed by atoms with Gasteiger partial charge >= 0.3 is 29.6 Å². The summed E-state index contributed by atoms with van der Waals surface area (Å²) < 4.78 is 31.1. The fourth-order valence-corrected chi connectivity index (χ4v) is 1.55. The van der Waals surface area contributed by atoms with Gasteiger partial charge in [0.15, 0.2) is 0 Å². The van der Waals surface area contributed by atoms with Gasteiger partial charge in [-0.3, -0.25) is 0 Å². The summed E-state index contributed by atoms with van der Waals surface area (Å²) in [5.41, 5.74) is 1.19. The monoisotopic (exact) mass is 220 g/mol. The molecule has 0 radical (unpaired) electrons. The Bertz CT molecular complexity index is 409. The third-order valence-corrected chi connectivity index (χ3v) is 2.19. The number of allylic oxidation sites excluding steroid dienone is 1. The van der Waals surface area contributed by atoms with Gasteiger partial charge in [-0.1, -0.05) is 30.3 Å². The second-order valence-corrected chi connectivity index (χ2v) is 3.88. The molecule has 0 atom stereocenters. The number of hydrogen-bond acceptors (Lipinski definition) is 3. The second kappa shape index (κ2) is 5.68. The zero-order valence-electron chi connectivity index (χ0n) is 8.10. The molecule has 0 aliphatic rings. The zero-order valence-corrected chi connectivity index (χ0v) is 10.9. The Labute approximate surface area is 106 Å². The molecule has 14 heavy (non-hydrogen) atoms. The normalized spacial score (nSPS) is 12.0. The number of hydrogen-bond donors (Lipinski definition) is 0. The molecule has 0 aliphatic carbocycles. The van der Waals surface area contributed by atoms with Crippen molar-refractivity contribution in [1.82, 2.24) is 0 Å². The number of rotatable bonds is 2. The molecule has 0 heterocycles. The minimum absolute atomic E-state index is 0. The van der Waals surface area contributed by atoms with Crippen LogP contribution >= 0.6 is 0 Å². The van der Waals surface area contributed by atoms with E-state index >= 15 is 0 Å². The van der Waals surface area contributed by atoms with Gasteiger partial charge in [0.05, 0.1) is 0 Å². The molecule has 1 rings (SSSR count). The van der Waals surface area contributed by atoms with E-state index in [-0.39, 0.29) is 29.6 Å². The number of benzene rings is 1. The predicted molar refractivity (Wildman–Crippen MR) is 49.8 cm³/mol. The van der Waals surface area contributed by atoms with Gasteiger partial charge in [0.1, 0.15) is 10.1 Å². The molecule has 0 bridgehead atoms. The Morgan fingerprint density at radius 1 is 1.29 bits per heavy atom. The summed E-state index contributed by atoms with van der Waals surface area (Å²) in [5.74, 6) is 0. The molecule has 0 aliphatic heterocycles.